The summed E-state index contributed by atoms with van der Waals surface area (Å²) >= 11 is 4.47. The Kier molecular flexibility index (Phi) is 5.63. The molecule has 0 unspecified atom stereocenters. The highest BCUT2D eigenvalue weighted by molar-refractivity contribution is 9.10. The lowest BCUT2D eigenvalue weighted by molar-refractivity contribution is -0.147. The van der Waals surface area contributed by atoms with Gasteiger partial charge in [-0.15, -0.1) is 0 Å². The highest BCUT2D eigenvalue weighted by Crippen LogP contribution is 2.21. The third-order valence-electron chi connectivity index (χ3n) is 2.68. The first-order valence-electron chi connectivity index (χ1n) is 6.18. The van der Waals surface area contributed by atoms with Gasteiger partial charge in [0.05, 0.1) is 5.69 Å². The van der Waals surface area contributed by atoms with Gasteiger partial charge in [-0.05, 0) is 28.1 Å². The number of amides is 2. The van der Waals surface area contributed by atoms with Crippen LogP contribution < -0.4 is 5.32 Å². The second kappa shape index (κ2) is 7.46. The number of carbonyl (C=O) groups excluding carboxylic acids is 3. The summed E-state index contributed by atoms with van der Waals surface area (Å²) in [6, 6.07) is 7.12. The molecule has 0 bridgehead atoms. The first kappa shape index (κ1) is 15.8. The number of para-hydroxylation sites is 1. The average molecular weight is 373 g/mol. The van der Waals surface area contributed by atoms with Crippen molar-refractivity contribution in [3.63, 3.8) is 0 Å². The normalized spacial score (nSPS) is 14.1. The number of ether oxygens (including phenoxy) is 1. The quantitative estimate of drug-likeness (QED) is 0.800. The lowest BCUT2D eigenvalue weighted by atomic mass is 10.3. The molecule has 0 aromatic heterocycles. The van der Waals surface area contributed by atoms with Crippen LogP contribution in [0.2, 0.25) is 0 Å². The van der Waals surface area contributed by atoms with E-state index in [1.54, 1.807) is 18.2 Å². The fourth-order valence-corrected chi connectivity index (χ4v) is 2.87. The molecule has 0 saturated carbocycles. The molecule has 1 aliphatic heterocycles. The first-order valence-corrected chi connectivity index (χ1v) is 7.96. The fourth-order valence-electron chi connectivity index (χ4n) is 1.67. The van der Waals surface area contributed by atoms with Crippen LogP contribution in [-0.2, 0) is 14.3 Å². The summed E-state index contributed by atoms with van der Waals surface area (Å²) < 4.78 is 5.60. The van der Waals surface area contributed by atoms with Crippen molar-refractivity contribution in [2.24, 2.45) is 0 Å². The van der Waals surface area contributed by atoms with Gasteiger partial charge in [-0.25, -0.2) is 0 Å². The van der Waals surface area contributed by atoms with Gasteiger partial charge >= 0.3 is 5.97 Å². The summed E-state index contributed by atoms with van der Waals surface area (Å²) in [6.07, 6.45) is 0. The van der Waals surface area contributed by atoms with E-state index < -0.39 is 11.9 Å². The number of hydrogen-bond acceptors (Lipinski definition) is 5. The highest BCUT2D eigenvalue weighted by Gasteiger charge is 2.24. The predicted molar refractivity (Wildman–Crippen MR) is 83.2 cm³/mol. The number of rotatable bonds is 5. The van der Waals surface area contributed by atoms with Gasteiger partial charge in [0.15, 0.2) is 6.61 Å². The highest BCUT2D eigenvalue weighted by atomic mass is 79.9. The number of esters is 1. The van der Waals surface area contributed by atoms with Gasteiger partial charge in [-0.1, -0.05) is 23.9 Å². The van der Waals surface area contributed by atoms with Gasteiger partial charge in [0.2, 0.25) is 0 Å². The molecular weight excluding hydrogens is 360 g/mol. The number of thioether (sulfide) groups is 1. The van der Waals surface area contributed by atoms with Crippen LogP contribution >= 0.6 is 27.7 Å². The number of halogens is 1. The molecule has 1 fully saturated rings. The van der Waals surface area contributed by atoms with Crippen LogP contribution in [-0.4, -0.2) is 47.5 Å². The van der Waals surface area contributed by atoms with Gasteiger partial charge in [-0.3, -0.25) is 14.4 Å². The Hall–Kier alpha value is -1.54. The summed E-state index contributed by atoms with van der Waals surface area (Å²) in [5.74, 6) is -0.347. The summed E-state index contributed by atoms with van der Waals surface area (Å²) in [7, 11) is 0. The molecule has 0 spiro atoms. The smallest absolute Gasteiger partial charge is 0.326 e. The standard InChI is InChI=1S/C13H13BrN2O4S/c14-9-3-1-2-4-10(9)15-11(17)8-20-12(18)7-16-5-6-21-13(16)19/h1-4H,5-8H2,(H,15,17). The minimum atomic E-state index is -0.590. The molecule has 2 amide bonds. The molecular formula is C13H13BrN2O4S. The summed E-state index contributed by atoms with van der Waals surface area (Å²) in [6.45, 7) is 0.0330. The largest absolute Gasteiger partial charge is 0.454 e. The molecule has 2 rings (SSSR count). The van der Waals surface area contributed by atoms with Gasteiger partial charge in [0, 0.05) is 16.8 Å². The molecule has 21 heavy (non-hydrogen) atoms. The molecule has 1 aromatic rings. The van der Waals surface area contributed by atoms with Crippen molar-refractivity contribution in [2.45, 2.75) is 0 Å². The molecule has 112 valence electrons. The van der Waals surface area contributed by atoms with Crippen LogP contribution in [0.1, 0.15) is 0 Å². The van der Waals surface area contributed by atoms with E-state index in [0.29, 0.717) is 18.0 Å². The van der Waals surface area contributed by atoms with Crippen molar-refractivity contribution in [2.75, 3.05) is 30.8 Å². The summed E-state index contributed by atoms with van der Waals surface area (Å²) in [5, 5.41) is 2.49. The van der Waals surface area contributed by atoms with Crippen molar-refractivity contribution >= 4 is 50.5 Å². The molecule has 0 atom stereocenters. The van der Waals surface area contributed by atoms with E-state index in [-0.39, 0.29) is 18.4 Å². The first-order chi connectivity index (χ1) is 10.1. The van der Waals surface area contributed by atoms with E-state index >= 15 is 0 Å². The van der Waals surface area contributed by atoms with Gasteiger partial charge in [0.1, 0.15) is 6.54 Å². The Morgan fingerprint density at radius 2 is 2.14 bits per heavy atom. The monoisotopic (exact) mass is 372 g/mol. The second-order valence-corrected chi connectivity index (χ2v) is 6.13. The average Bonchev–Trinajstić information content (AvgIpc) is 2.85. The number of hydrogen-bond donors (Lipinski definition) is 1. The minimum absolute atomic E-state index is 0.117. The summed E-state index contributed by atoms with van der Waals surface area (Å²) in [4.78, 5) is 36.0. The molecule has 8 heteroatoms. The van der Waals surface area contributed by atoms with E-state index in [9.17, 15) is 14.4 Å². The third kappa shape index (κ3) is 4.75. The van der Waals surface area contributed by atoms with Gasteiger partial charge < -0.3 is 15.0 Å². The predicted octanol–water partition coefficient (Wildman–Crippen LogP) is 2.10. The van der Waals surface area contributed by atoms with Crippen molar-refractivity contribution in [1.82, 2.24) is 4.90 Å². The molecule has 0 radical (unpaired) electrons. The fraction of sp³-hybridized carbons (Fsp3) is 0.308. The van der Waals surface area contributed by atoms with E-state index in [1.165, 1.54) is 16.7 Å². The Balaban J connectivity index is 1.75. The molecule has 1 heterocycles. The zero-order valence-corrected chi connectivity index (χ0v) is 13.4. The maximum Gasteiger partial charge on any atom is 0.326 e. The number of nitrogens with zero attached hydrogens (tertiary/aromatic N) is 1. The van der Waals surface area contributed by atoms with Gasteiger partial charge in [0.25, 0.3) is 11.1 Å². The Bertz CT molecular complexity index is 567. The zero-order valence-electron chi connectivity index (χ0n) is 11.0. The van der Waals surface area contributed by atoms with E-state index in [1.807, 2.05) is 6.07 Å². The maximum atomic E-state index is 11.7. The lowest BCUT2D eigenvalue weighted by Gasteiger charge is -2.13. The van der Waals surface area contributed by atoms with Gasteiger partial charge in [-0.2, -0.15) is 0 Å². The molecule has 1 aliphatic rings. The SMILES string of the molecule is O=C(COC(=O)CN1CCSC1=O)Nc1ccccc1Br. The van der Waals surface area contributed by atoms with Crippen LogP contribution in [0.3, 0.4) is 0 Å². The van der Waals surface area contributed by atoms with Crippen LogP contribution in [0.15, 0.2) is 28.7 Å². The molecule has 1 aromatic carbocycles. The number of anilines is 1. The molecule has 1 N–H and O–H groups in total. The minimum Gasteiger partial charge on any atom is -0.454 e. The maximum absolute atomic E-state index is 11.7. The van der Waals surface area contributed by atoms with E-state index in [4.69, 9.17) is 4.74 Å². The Labute approximate surface area is 134 Å². The van der Waals surface area contributed by atoms with Crippen LogP contribution in [0.5, 0.6) is 0 Å². The van der Waals surface area contributed by atoms with E-state index in [0.717, 1.165) is 4.47 Å². The molecule has 0 aliphatic carbocycles. The third-order valence-corrected chi connectivity index (χ3v) is 4.26. The Morgan fingerprint density at radius 3 is 2.81 bits per heavy atom. The number of nitrogens with one attached hydrogen (secondary N) is 1. The van der Waals surface area contributed by atoms with Crippen molar-refractivity contribution in [3.05, 3.63) is 28.7 Å². The van der Waals surface area contributed by atoms with Crippen molar-refractivity contribution in [1.29, 1.82) is 0 Å². The molecule has 6 nitrogen and oxygen atoms in total. The molecule has 1 saturated heterocycles. The number of carbonyl (C=O) groups is 3. The van der Waals surface area contributed by atoms with Crippen LogP contribution in [0, 0.1) is 0 Å². The van der Waals surface area contributed by atoms with Crippen molar-refractivity contribution < 1.29 is 19.1 Å². The van der Waals surface area contributed by atoms with Crippen molar-refractivity contribution in [3.8, 4) is 0 Å². The second-order valence-electron chi connectivity index (χ2n) is 4.22. The number of benzene rings is 1. The lowest BCUT2D eigenvalue weighted by Crippen LogP contribution is -2.32. The van der Waals surface area contributed by atoms with Crippen LogP contribution in [0.4, 0.5) is 10.5 Å². The Morgan fingerprint density at radius 1 is 1.38 bits per heavy atom. The summed E-state index contributed by atoms with van der Waals surface area (Å²) in [5.41, 5.74) is 0.602. The van der Waals surface area contributed by atoms with Crippen LogP contribution in [0.25, 0.3) is 0 Å². The van der Waals surface area contributed by atoms with E-state index in [2.05, 4.69) is 21.2 Å². The topological polar surface area (TPSA) is 75.7 Å². The zero-order chi connectivity index (χ0) is 15.2.